The van der Waals surface area contributed by atoms with E-state index >= 15 is 0 Å². The molecule has 0 N–H and O–H groups in total. The van der Waals surface area contributed by atoms with Crippen LogP contribution in [0.3, 0.4) is 0 Å². The van der Waals surface area contributed by atoms with Crippen molar-refractivity contribution in [2.45, 2.75) is 13.8 Å². The Bertz CT molecular complexity index is 325. The van der Waals surface area contributed by atoms with Gasteiger partial charge in [-0.1, -0.05) is 0 Å². The molecule has 0 saturated heterocycles. The van der Waals surface area contributed by atoms with Gasteiger partial charge in [0, 0.05) is 32.5 Å². The summed E-state index contributed by atoms with van der Waals surface area (Å²) in [5.74, 6) is 0.00991. The van der Waals surface area contributed by atoms with Crippen molar-refractivity contribution in [3.63, 3.8) is 0 Å². The number of hydrogen-bond donors (Lipinski definition) is 0. The highest BCUT2D eigenvalue weighted by atomic mass is 32.1. The third kappa shape index (κ3) is 3.60. The van der Waals surface area contributed by atoms with Crippen molar-refractivity contribution in [2.75, 3.05) is 31.7 Å². The lowest BCUT2D eigenvalue weighted by Crippen LogP contribution is -2.22. The molecule has 1 rings (SSSR count). The number of Topliss-reactive ketones (excluding diaryl/α,β-unsaturated/α-hetero) is 1. The molecule has 0 aliphatic heterocycles. The van der Waals surface area contributed by atoms with Gasteiger partial charge >= 0.3 is 0 Å². The normalized spacial score (nSPS) is 10.3. The van der Waals surface area contributed by atoms with Crippen LogP contribution in [0.4, 0.5) is 5.13 Å². The second-order valence-electron chi connectivity index (χ2n) is 3.19. The molecular formula is C10H16N2O2S. The van der Waals surface area contributed by atoms with E-state index in [1.807, 2.05) is 18.9 Å². The Morgan fingerprint density at radius 2 is 2.40 bits per heavy atom. The predicted octanol–water partition coefficient (Wildman–Crippen LogP) is 1.82. The van der Waals surface area contributed by atoms with Crippen LogP contribution in [-0.4, -0.2) is 37.6 Å². The van der Waals surface area contributed by atoms with Gasteiger partial charge in [-0.2, -0.15) is 0 Å². The minimum Gasteiger partial charge on any atom is -0.380 e. The van der Waals surface area contributed by atoms with Crippen LogP contribution in [0.15, 0.2) is 5.38 Å². The zero-order chi connectivity index (χ0) is 11.3. The summed E-state index contributed by atoms with van der Waals surface area (Å²) < 4.78 is 5.25. The minimum absolute atomic E-state index is 0.00991. The van der Waals surface area contributed by atoms with Crippen LogP contribution in [0.1, 0.15) is 24.3 Å². The number of likely N-dealkylation sites (N-methyl/N-ethyl adjacent to an activating group) is 1. The van der Waals surface area contributed by atoms with E-state index in [9.17, 15) is 4.79 Å². The van der Waals surface area contributed by atoms with Crippen molar-refractivity contribution in [1.29, 1.82) is 0 Å². The van der Waals surface area contributed by atoms with Gasteiger partial charge < -0.3 is 9.64 Å². The van der Waals surface area contributed by atoms with Crippen LogP contribution in [-0.2, 0) is 4.74 Å². The van der Waals surface area contributed by atoms with E-state index in [0.717, 1.165) is 18.3 Å². The molecule has 0 atom stereocenters. The number of ether oxygens (including phenoxy) is 1. The van der Waals surface area contributed by atoms with Gasteiger partial charge in [-0.25, -0.2) is 4.98 Å². The van der Waals surface area contributed by atoms with Crippen molar-refractivity contribution in [3.05, 3.63) is 11.1 Å². The summed E-state index contributed by atoms with van der Waals surface area (Å²) in [7, 11) is 1.95. The summed E-state index contributed by atoms with van der Waals surface area (Å²) >= 11 is 1.48. The van der Waals surface area contributed by atoms with Gasteiger partial charge in [0.1, 0.15) is 5.69 Å². The standard InChI is InChI=1S/C10H16N2O2S/c1-4-14-6-5-12(3)10-11-9(7-15-10)8(2)13/h7H,4-6H2,1-3H3. The highest BCUT2D eigenvalue weighted by molar-refractivity contribution is 7.13. The SMILES string of the molecule is CCOCCN(C)c1nc(C(C)=O)cs1. The zero-order valence-corrected chi connectivity index (χ0v) is 10.1. The van der Waals surface area contributed by atoms with Gasteiger partial charge in [-0.15, -0.1) is 11.3 Å². The lowest BCUT2D eigenvalue weighted by molar-refractivity contribution is 0.101. The van der Waals surface area contributed by atoms with Crippen LogP contribution in [0.2, 0.25) is 0 Å². The molecule has 0 aromatic carbocycles. The molecule has 0 spiro atoms. The summed E-state index contributed by atoms with van der Waals surface area (Å²) in [4.78, 5) is 17.3. The number of ketones is 1. The minimum atomic E-state index is 0.00991. The zero-order valence-electron chi connectivity index (χ0n) is 9.32. The van der Waals surface area contributed by atoms with Crippen LogP contribution in [0, 0.1) is 0 Å². The number of nitrogens with zero attached hydrogens (tertiary/aromatic N) is 2. The van der Waals surface area contributed by atoms with Crippen molar-refractivity contribution in [3.8, 4) is 0 Å². The van der Waals surface area contributed by atoms with E-state index in [2.05, 4.69) is 4.98 Å². The lowest BCUT2D eigenvalue weighted by atomic mass is 10.4. The highest BCUT2D eigenvalue weighted by Gasteiger charge is 2.09. The predicted molar refractivity (Wildman–Crippen MR) is 61.9 cm³/mol. The Hall–Kier alpha value is -0.940. The van der Waals surface area contributed by atoms with Crippen LogP contribution < -0.4 is 4.90 Å². The molecule has 1 aromatic heterocycles. The Kier molecular flexibility index (Phi) is 4.71. The lowest BCUT2D eigenvalue weighted by Gasteiger charge is -2.14. The molecule has 5 heteroatoms. The molecule has 0 unspecified atom stereocenters. The smallest absolute Gasteiger partial charge is 0.185 e. The Morgan fingerprint density at radius 1 is 1.67 bits per heavy atom. The Labute approximate surface area is 93.9 Å². The van der Waals surface area contributed by atoms with Crippen LogP contribution >= 0.6 is 11.3 Å². The maximum atomic E-state index is 11.0. The fourth-order valence-corrected chi connectivity index (χ4v) is 1.90. The van der Waals surface area contributed by atoms with E-state index in [-0.39, 0.29) is 5.78 Å². The van der Waals surface area contributed by atoms with Gasteiger partial charge in [0.05, 0.1) is 6.61 Å². The average molecular weight is 228 g/mol. The van der Waals surface area contributed by atoms with Crippen LogP contribution in [0.25, 0.3) is 0 Å². The molecule has 0 radical (unpaired) electrons. The largest absolute Gasteiger partial charge is 0.380 e. The molecule has 0 fully saturated rings. The molecule has 0 bridgehead atoms. The molecule has 4 nitrogen and oxygen atoms in total. The highest BCUT2D eigenvalue weighted by Crippen LogP contribution is 2.19. The van der Waals surface area contributed by atoms with Crippen molar-refractivity contribution in [2.24, 2.45) is 0 Å². The number of carbonyl (C=O) groups is 1. The third-order valence-electron chi connectivity index (χ3n) is 1.95. The average Bonchev–Trinajstić information content (AvgIpc) is 2.66. The topological polar surface area (TPSA) is 42.4 Å². The summed E-state index contributed by atoms with van der Waals surface area (Å²) in [5, 5.41) is 2.65. The molecular weight excluding hydrogens is 212 g/mol. The summed E-state index contributed by atoms with van der Waals surface area (Å²) in [6.07, 6.45) is 0. The van der Waals surface area contributed by atoms with Crippen molar-refractivity contribution >= 4 is 22.3 Å². The third-order valence-corrected chi connectivity index (χ3v) is 2.91. The van der Waals surface area contributed by atoms with E-state index in [1.165, 1.54) is 18.3 Å². The maximum absolute atomic E-state index is 11.0. The summed E-state index contributed by atoms with van der Waals surface area (Å²) in [5.41, 5.74) is 0.540. The second kappa shape index (κ2) is 5.82. The van der Waals surface area contributed by atoms with E-state index < -0.39 is 0 Å². The van der Waals surface area contributed by atoms with Gasteiger partial charge in [0.25, 0.3) is 0 Å². The van der Waals surface area contributed by atoms with Gasteiger partial charge in [0.2, 0.25) is 0 Å². The number of rotatable bonds is 6. The van der Waals surface area contributed by atoms with Gasteiger partial charge in [0.15, 0.2) is 10.9 Å². The van der Waals surface area contributed by atoms with E-state index in [1.54, 1.807) is 5.38 Å². The van der Waals surface area contributed by atoms with Crippen molar-refractivity contribution < 1.29 is 9.53 Å². The molecule has 0 saturated carbocycles. The second-order valence-corrected chi connectivity index (χ2v) is 4.03. The Morgan fingerprint density at radius 3 is 2.93 bits per heavy atom. The first-order valence-electron chi connectivity index (χ1n) is 4.90. The molecule has 1 aromatic rings. The number of carbonyl (C=O) groups excluding carboxylic acids is 1. The summed E-state index contributed by atoms with van der Waals surface area (Å²) in [6.45, 7) is 5.70. The first kappa shape index (κ1) is 12.1. The maximum Gasteiger partial charge on any atom is 0.185 e. The summed E-state index contributed by atoms with van der Waals surface area (Å²) in [6, 6.07) is 0. The number of thiazole rings is 1. The first-order chi connectivity index (χ1) is 7.15. The number of anilines is 1. The monoisotopic (exact) mass is 228 g/mol. The van der Waals surface area contributed by atoms with Crippen LogP contribution in [0.5, 0.6) is 0 Å². The molecule has 84 valence electrons. The fraction of sp³-hybridized carbons (Fsp3) is 0.600. The first-order valence-corrected chi connectivity index (χ1v) is 5.78. The molecule has 0 aliphatic rings. The fourth-order valence-electron chi connectivity index (χ4n) is 1.04. The van der Waals surface area contributed by atoms with Crippen molar-refractivity contribution in [1.82, 2.24) is 4.98 Å². The van der Waals surface area contributed by atoms with E-state index in [0.29, 0.717) is 12.3 Å². The quantitative estimate of drug-likeness (QED) is 0.550. The molecule has 0 aliphatic carbocycles. The molecule has 0 amide bonds. The van der Waals surface area contributed by atoms with Gasteiger partial charge in [-0.3, -0.25) is 4.79 Å². The van der Waals surface area contributed by atoms with Gasteiger partial charge in [-0.05, 0) is 6.92 Å². The number of hydrogen-bond acceptors (Lipinski definition) is 5. The Balaban J connectivity index is 2.50. The van der Waals surface area contributed by atoms with E-state index in [4.69, 9.17) is 4.74 Å². The molecule has 1 heterocycles. The number of aromatic nitrogens is 1. The molecule has 15 heavy (non-hydrogen) atoms.